The standard InChI is InChI=1S/C15H18N6/c1-4-12(11-6-5-7-16-8-11)19-14-13-10(2)20-21(3)15(13)18-9-17-14/h5-9,12H,4H2,1-3H3,(H,17,18,19). The molecular weight excluding hydrogens is 264 g/mol. The highest BCUT2D eigenvalue weighted by molar-refractivity contribution is 5.89. The van der Waals surface area contributed by atoms with Crippen molar-refractivity contribution in [3.05, 3.63) is 42.1 Å². The second-order valence-electron chi connectivity index (χ2n) is 5.02. The summed E-state index contributed by atoms with van der Waals surface area (Å²) in [5.41, 5.74) is 2.91. The van der Waals surface area contributed by atoms with Crippen molar-refractivity contribution in [3.63, 3.8) is 0 Å². The first kappa shape index (κ1) is 13.5. The molecule has 1 N–H and O–H groups in total. The normalized spacial score (nSPS) is 12.5. The van der Waals surface area contributed by atoms with E-state index in [0.717, 1.165) is 34.5 Å². The molecule has 1 atom stereocenters. The van der Waals surface area contributed by atoms with Crippen LogP contribution in [0.1, 0.15) is 30.6 Å². The Kier molecular flexibility index (Phi) is 3.51. The van der Waals surface area contributed by atoms with Crippen molar-refractivity contribution in [2.45, 2.75) is 26.3 Å². The third-order valence-electron chi connectivity index (χ3n) is 3.60. The van der Waals surface area contributed by atoms with Gasteiger partial charge in [-0.25, -0.2) is 9.97 Å². The lowest BCUT2D eigenvalue weighted by molar-refractivity contribution is 0.741. The van der Waals surface area contributed by atoms with Gasteiger partial charge in [-0.2, -0.15) is 5.10 Å². The third-order valence-corrected chi connectivity index (χ3v) is 3.60. The molecule has 0 fully saturated rings. The Morgan fingerprint density at radius 2 is 2.19 bits per heavy atom. The van der Waals surface area contributed by atoms with Gasteiger partial charge in [0.2, 0.25) is 0 Å². The van der Waals surface area contributed by atoms with Gasteiger partial charge in [-0.05, 0) is 25.0 Å². The number of fused-ring (bicyclic) bond motifs is 1. The zero-order valence-electron chi connectivity index (χ0n) is 12.4. The molecule has 3 aromatic heterocycles. The van der Waals surface area contributed by atoms with Crippen molar-refractivity contribution in [1.82, 2.24) is 24.7 Å². The highest BCUT2D eigenvalue weighted by Gasteiger charge is 2.16. The lowest BCUT2D eigenvalue weighted by Crippen LogP contribution is -2.11. The van der Waals surface area contributed by atoms with Crippen molar-refractivity contribution in [3.8, 4) is 0 Å². The Hall–Kier alpha value is -2.50. The molecule has 0 saturated carbocycles. The molecule has 3 heterocycles. The molecule has 0 aromatic carbocycles. The lowest BCUT2D eigenvalue weighted by atomic mass is 10.1. The van der Waals surface area contributed by atoms with E-state index in [9.17, 15) is 0 Å². The number of aryl methyl sites for hydroxylation is 2. The zero-order chi connectivity index (χ0) is 14.8. The number of hydrogen-bond acceptors (Lipinski definition) is 5. The summed E-state index contributed by atoms with van der Waals surface area (Å²) in [6.45, 7) is 4.11. The van der Waals surface area contributed by atoms with E-state index in [1.807, 2.05) is 26.2 Å². The first-order valence-electron chi connectivity index (χ1n) is 7.01. The Balaban J connectivity index is 2.01. The smallest absolute Gasteiger partial charge is 0.163 e. The van der Waals surface area contributed by atoms with Gasteiger partial charge in [0.1, 0.15) is 12.1 Å². The van der Waals surface area contributed by atoms with Gasteiger partial charge in [-0.3, -0.25) is 9.67 Å². The lowest BCUT2D eigenvalue weighted by Gasteiger charge is -2.18. The minimum absolute atomic E-state index is 0.163. The predicted octanol–water partition coefficient (Wildman–Crippen LogP) is 2.63. The monoisotopic (exact) mass is 282 g/mol. The molecule has 0 aliphatic heterocycles. The van der Waals surface area contributed by atoms with Gasteiger partial charge in [-0.1, -0.05) is 13.0 Å². The van der Waals surface area contributed by atoms with Crippen molar-refractivity contribution < 1.29 is 0 Å². The molecule has 0 aliphatic carbocycles. The minimum Gasteiger partial charge on any atom is -0.362 e. The molecule has 0 aliphatic rings. The maximum absolute atomic E-state index is 4.42. The van der Waals surface area contributed by atoms with Crippen LogP contribution in [0.3, 0.4) is 0 Å². The van der Waals surface area contributed by atoms with Crippen LogP contribution in [0.2, 0.25) is 0 Å². The molecule has 0 saturated heterocycles. The summed E-state index contributed by atoms with van der Waals surface area (Å²) in [6.07, 6.45) is 6.18. The van der Waals surface area contributed by atoms with E-state index in [1.54, 1.807) is 17.2 Å². The highest BCUT2D eigenvalue weighted by atomic mass is 15.3. The van der Waals surface area contributed by atoms with Crippen LogP contribution in [0.4, 0.5) is 5.82 Å². The van der Waals surface area contributed by atoms with Crippen LogP contribution in [0.5, 0.6) is 0 Å². The van der Waals surface area contributed by atoms with E-state index >= 15 is 0 Å². The number of nitrogens with zero attached hydrogens (tertiary/aromatic N) is 5. The van der Waals surface area contributed by atoms with E-state index < -0.39 is 0 Å². The second-order valence-corrected chi connectivity index (χ2v) is 5.02. The largest absolute Gasteiger partial charge is 0.362 e. The van der Waals surface area contributed by atoms with Gasteiger partial charge in [0.05, 0.1) is 17.1 Å². The summed E-state index contributed by atoms with van der Waals surface area (Å²) in [7, 11) is 1.89. The van der Waals surface area contributed by atoms with E-state index in [1.165, 1.54) is 0 Å². The summed E-state index contributed by atoms with van der Waals surface area (Å²) >= 11 is 0. The van der Waals surface area contributed by atoms with Crippen LogP contribution in [-0.2, 0) is 7.05 Å². The van der Waals surface area contributed by atoms with Gasteiger partial charge in [0, 0.05) is 19.4 Å². The Labute approximate surface area is 123 Å². The van der Waals surface area contributed by atoms with Crippen LogP contribution in [0, 0.1) is 6.92 Å². The number of aromatic nitrogens is 5. The molecule has 0 amide bonds. The van der Waals surface area contributed by atoms with E-state index in [0.29, 0.717) is 0 Å². The van der Waals surface area contributed by atoms with Crippen molar-refractivity contribution in [2.75, 3.05) is 5.32 Å². The van der Waals surface area contributed by atoms with Gasteiger partial charge in [-0.15, -0.1) is 0 Å². The van der Waals surface area contributed by atoms with Crippen LogP contribution in [-0.4, -0.2) is 24.7 Å². The first-order valence-corrected chi connectivity index (χ1v) is 7.01. The Morgan fingerprint density at radius 1 is 1.33 bits per heavy atom. The van der Waals surface area contributed by atoms with Gasteiger partial charge < -0.3 is 5.32 Å². The average Bonchev–Trinajstić information content (AvgIpc) is 2.81. The van der Waals surface area contributed by atoms with Crippen LogP contribution < -0.4 is 5.32 Å². The summed E-state index contributed by atoms with van der Waals surface area (Å²) in [4.78, 5) is 12.9. The summed E-state index contributed by atoms with van der Waals surface area (Å²) in [5, 5.41) is 8.89. The maximum atomic E-state index is 4.42. The van der Waals surface area contributed by atoms with Gasteiger partial charge in [0.15, 0.2) is 5.65 Å². The average molecular weight is 282 g/mol. The minimum atomic E-state index is 0.163. The second kappa shape index (κ2) is 5.47. The molecule has 0 spiro atoms. The molecule has 0 bridgehead atoms. The number of hydrogen-bond donors (Lipinski definition) is 1. The quantitative estimate of drug-likeness (QED) is 0.796. The SMILES string of the molecule is CCC(Nc1ncnc2c1c(C)nn2C)c1cccnc1. The Bertz CT molecular complexity index is 749. The Morgan fingerprint density at radius 3 is 2.90 bits per heavy atom. The molecule has 6 nitrogen and oxygen atoms in total. The maximum Gasteiger partial charge on any atom is 0.163 e. The molecule has 108 valence electrons. The van der Waals surface area contributed by atoms with Crippen molar-refractivity contribution >= 4 is 16.9 Å². The topological polar surface area (TPSA) is 68.5 Å². The molecule has 21 heavy (non-hydrogen) atoms. The molecular formula is C15H18N6. The van der Waals surface area contributed by atoms with Gasteiger partial charge >= 0.3 is 0 Å². The molecule has 3 rings (SSSR count). The zero-order valence-corrected chi connectivity index (χ0v) is 12.4. The molecule has 1 unspecified atom stereocenters. The predicted molar refractivity (Wildman–Crippen MR) is 81.9 cm³/mol. The fourth-order valence-electron chi connectivity index (χ4n) is 2.55. The van der Waals surface area contributed by atoms with Crippen molar-refractivity contribution in [1.29, 1.82) is 0 Å². The van der Waals surface area contributed by atoms with Crippen LogP contribution in [0.25, 0.3) is 11.0 Å². The summed E-state index contributed by atoms with van der Waals surface area (Å²) in [5.74, 6) is 0.821. The van der Waals surface area contributed by atoms with E-state index in [2.05, 4.69) is 38.4 Å². The fourth-order valence-corrected chi connectivity index (χ4v) is 2.55. The summed E-state index contributed by atoms with van der Waals surface area (Å²) < 4.78 is 1.78. The van der Waals surface area contributed by atoms with Crippen molar-refractivity contribution in [2.24, 2.45) is 7.05 Å². The van der Waals surface area contributed by atoms with Crippen LogP contribution in [0.15, 0.2) is 30.9 Å². The third kappa shape index (κ3) is 2.44. The van der Waals surface area contributed by atoms with Gasteiger partial charge in [0.25, 0.3) is 0 Å². The molecule has 6 heteroatoms. The van der Waals surface area contributed by atoms with E-state index in [-0.39, 0.29) is 6.04 Å². The fraction of sp³-hybridized carbons (Fsp3) is 0.333. The number of anilines is 1. The van der Waals surface area contributed by atoms with Crippen LogP contribution >= 0.6 is 0 Å². The molecule has 3 aromatic rings. The number of nitrogens with one attached hydrogen (secondary N) is 1. The summed E-state index contributed by atoms with van der Waals surface area (Å²) in [6, 6.07) is 4.18. The highest BCUT2D eigenvalue weighted by Crippen LogP contribution is 2.27. The number of pyridine rings is 1. The van der Waals surface area contributed by atoms with E-state index in [4.69, 9.17) is 0 Å². The number of rotatable bonds is 4. The molecule has 0 radical (unpaired) electrons. The first-order chi connectivity index (χ1) is 10.2.